The van der Waals surface area contributed by atoms with Crippen molar-refractivity contribution in [2.75, 3.05) is 11.9 Å². The van der Waals surface area contributed by atoms with Crippen LogP contribution in [0.1, 0.15) is 42.0 Å². The van der Waals surface area contributed by atoms with E-state index in [1.807, 2.05) is 55.5 Å². The zero-order chi connectivity index (χ0) is 22.0. The minimum atomic E-state index is -0.530. The summed E-state index contributed by atoms with van der Waals surface area (Å²) in [6.45, 7) is 1.88. The van der Waals surface area contributed by atoms with Gasteiger partial charge < -0.3 is 10.2 Å². The van der Waals surface area contributed by atoms with E-state index in [4.69, 9.17) is 0 Å². The van der Waals surface area contributed by atoms with Gasteiger partial charge in [-0.15, -0.1) is 0 Å². The second-order valence-electron chi connectivity index (χ2n) is 7.57. The molecule has 0 saturated heterocycles. The van der Waals surface area contributed by atoms with Gasteiger partial charge in [0.25, 0.3) is 0 Å². The SMILES string of the molecule is CC[C@H](C(=O)N1CC(=O)Nc2ccc(Br)cc2[C@@H]1c1ccc(F)cc1)c1ccccc1. The molecular weight excluding hydrogens is 459 g/mol. The summed E-state index contributed by atoms with van der Waals surface area (Å²) in [7, 11) is 0. The minimum absolute atomic E-state index is 0.0868. The number of fused-ring (bicyclic) bond motifs is 1. The number of amides is 2. The van der Waals surface area contributed by atoms with Gasteiger partial charge in [0.15, 0.2) is 0 Å². The molecule has 2 atom stereocenters. The summed E-state index contributed by atoms with van der Waals surface area (Å²) in [5, 5.41) is 2.91. The van der Waals surface area contributed by atoms with Gasteiger partial charge in [-0.3, -0.25) is 9.59 Å². The molecule has 0 radical (unpaired) electrons. The summed E-state index contributed by atoms with van der Waals surface area (Å²) in [4.78, 5) is 28.2. The van der Waals surface area contributed by atoms with Crippen molar-refractivity contribution in [1.29, 1.82) is 0 Å². The zero-order valence-electron chi connectivity index (χ0n) is 17.0. The third-order valence-corrected chi connectivity index (χ3v) is 6.08. The summed E-state index contributed by atoms with van der Waals surface area (Å²) in [6, 6.07) is 20.7. The highest BCUT2D eigenvalue weighted by atomic mass is 79.9. The van der Waals surface area contributed by atoms with Crippen molar-refractivity contribution in [3.05, 3.63) is 99.8 Å². The summed E-state index contributed by atoms with van der Waals surface area (Å²) >= 11 is 3.50. The predicted molar refractivity (Wildman–Crippen MR) is 122 cm³/mol. The molecule has 158 valence electrons. The Bertz CT molecular complexity index is 1100. The molecule has 0 aliphatic carbocycles. The molecule has 1 N–H and O–H groups in total. The summed E-state index contributed by atoms with van der Waals surface area (Å²) in [6.07, 6.45) is 0.600. The van der Waals surface area contributed by atoms with E-state index in [1.54, 1.807) is 17.0 Å². The average Bonchev–Trinajstić information content (AvgIpc) is 2.91. The van der Waals surface area contributed by atoms with Gasteiger partial charge in [0.1, 0.15) is 12.4 Å². The topological polar surface area (TPSA) is 49.4 Å². The first-order chi connectivity index (χ1) is 15.0. The highest BCUT2D eigenvalue weighted by Crippen LogP contribution is 2.39. The van der Waals surface area contributed by atoms with Crippen LogP contribution < -0.4 is 5.32 Å². The third kappa shape index (κ3) is 4.39. The van der Waals surface area contributed by atoms with E-state index in [0.29, 0.717) is 12.1 Å². The number of halogens is 2. The number of anilines is 1. The first-order valence-electron chi connectivity index (χ1n) is 10.2. The lowest BCUT2D eigenvalue weighted by atomic mass is 9.91. The minimum Gasteiger partial charge on any atom is -0.324 e. The molecule has 31 heavy (non-hydrogen) atoms. The molecule has 0 unspecified atom stereocenters. The molecule has 4 nitrogen and oxygen atoms in total. The number of hydrogen-bond acceptors (Lipinski definition) is 2. The monoisotopic (exact) mass is 480 g/mol. The largest absolute Gasteiger partial charge is 0.324 e. The number of hydrogen-bond donors (Lipinski definition) is 1. The van der Waals surface area contributed by atoms with E-state index in [1.165, 1.54) is 12.1 Å². The first-order valence-corrected chi connectivity index (χ1v) is 11.0. The van der Waals surface area contributed by atoms with Crippen molar-refractivity contribution < 1.29 is 14.0 Å². The normalized spacial score (nSPS) is 16.8. The van der Waals surface area contributed by atoms with Crippen LogP contribution in [0.15, 0.2) is 77.3 Å². The maximum atomic E-state index is 13.8. The molecule has 1 aliphatic heterocycles. The fourth-order valence-electron chi connectivity index (χ4n) is 4.13. The van der Waals surface area contributed by atoms with Crippen molar-refractivity contribution in [1.82, 2.24) is 4.90 Å². The van der Waals surface area contributed by atoms with Gasteiger partial charge in [0, 0.05) is 15.7 Å². The molecule has 2 amide bonds. The van der Waals surface area contributed by atoms with Crippen LogP contribution in [-0.2, 0) is 9.59 Å². The lowest BCUT2D eigenvalue weighted by Crippen LogP contribution is -2.41. The number of rotatable bonds is 4. The molecule has 0 bridgehead atoms. The van der Waals surface area contributed by atoms with Crippen molar-refractivity contribution in [2.24, 2.45) is 0 Å². The van der Waals surface area contributed by atoms with Gasteiger partial charge in [-0.05, 0) is 47.9 Å². The Kier molecular flexibility index (Phi) is 6.18. The molecule has 1 aliphatic rings. The molecule has 0 spiro atoms. The summed E-state index contributed by atoms with van der Waals surface area (Å²) in [5.74, 6) is -1.13. The van der Waals surface area contributed by atoms with E-state index >= 15 is 0 Å². The number of carbonyl (C=O) groups excluding carboxylic acids is 2. The molecule has 0 fully saturated rings. The van der Waals surface area contributed by atoms with Crippen LogP contribution in [-0.4, -0.2) is 23.3 Å². The van der Waals surface area contributed by atoms with E-state index in [2.05, 4.69) is 21.2 Å². The fourth-order valence-corrected chi connectivity index (χ4v) is 4.50. The van der Waals surface area contributed by atoms with Crippen molar-refractivity contribution in [2.45, 2.75) is 25.3 Å². The van der Waals surface area contributed by atoms with E-state index in [0.717, 1.165) is 21.2 Å². The second kappa shape index (κ2) is 9.02. The lowest BCUT2D eigenvalue weighted by molar-refractivity contribution is -0.137. The Balaban J connectivity index is 1.86. The highest BCUT2D eigenvalue weighted by molar-refractivity contribution is 9.10. The number of nitrogens with one attached hydrogen (secondary N) is 1. The van der Waals surface area contributed by atoms with Crippen molar-refractivity contribution in [3.8, 4) is 0 Å². The number of carbonyl (C=O) groups is 2. The van der Waals surface area contributed by atoms with Crippen LogP contribution in [0.4, 0.5) is 10.1 Å². The van der Waals surface area contributed by atoms with Gasteiger partial charge in [0.05, 0.1) is 12.0 Å². The number of benzene rings is 3. The highest BCUT2D eigenvalue weighted by Gasteiger charge is 2.36. The van der Waals surface area contributed by atoms with Crippen LogP contribution in [0.3, 0.4) is 0 Å². The fraction of sp³-hybridized carbons (Fsp3) is 0.200. The molecular formula is C25H22BrFN2O2. The summed E-state index contributed by atoms with van der Waals surface area (Å²) in [5.41, 5.74) is 3.08. The van der Waals surface area contributed by atoms with Gasteiger partial charge in [-0.25, -0.2) is 4.39 Å². The van der Waals surface area contributed by atoms with Crippen LogP contribution in [0.5, 0.6) is 0 Å². The van der Waals surface area contributed by atoms with Gasteiger partial charge in [-0.2, -0.15) is 0 Å². The van der Waals surface area contributed by atoms with Gasteiger partial charge in [0.2, 0.25) is 11.8 Å². The standard InChI is InChI=1S/C25H22BrFN2O2/c1-2-20(16-6-4-3-5-7-16)25(31)29-15-23(30)28-22-13-10-18(26)14-21(22)24(29)17-8-11-19(27)12-9-17/h3-14,20,24H,2,15H2,1H3,(H,28,30)/t20-,24-/m0/s1. The third-order valence-electron chi connectivity index (χ3n) is 5.59. The summed E-state index contributed by atoms with van der Waals surface area (Å²) < 4.78 is 14.5. The Morgan fingerprint density at radius 1 is 1.13 bits per heavy atom. The maximum absolute atomic E-state index is 13.8. The second-order valence-corrected chi connectivity index (χ2v) is 8.49. The molecule has 6 heteroatoms. The molecule has 3 aromatic carbocycles. The lowest BCUT2D eigenvalue weighted by Gasteiger charge is -2.33. The van der Waals surface area contributed by atoms with E-state index < -0.39 is 6.04 Å². The quantitative estimate of drug-likeness (QED) is 0.524. The Morgan fingerprint density at radius 3 is 2.52 bits per heavy atom. The van der Waals surface area contributed by atoms with Crippen LogP contribution >= 0.6 is 15.9 Å². The first kappa shape index (κ1) is 21.2. The Hall–Kier alpha value is -2.99. The molecule has 1 heterocycles. The van der Waals surface area contributed by atoms with Crippen LogP contribution in [0.25, 0.3) is 0 Å². The molecule has 0 aromatic heterocycles. The van der Waals surface area contributed by atoms with Gasteiger partial charge in [-0.1, -0.05) is 65.3 Å². The van der Waals surface area contributed by atoms with Crippen LogP contribution in [0.2, 0.25) is 0 Å². The van der Waals surface area contributed by atoms with Crippen molar-refractivity contribution in [3.63, 3.8) is 0 Å². The van der Waals surface area contributed by atoms with Crippen molar-refractivity contribution >= 4 is 33.4 Å². The Morgan fingerprint density at radius 2 is 1.84 bits per heavy atom. The van der Waals surface area contributed by atoms with Crippen LogP contribution in [0, 0.1) is 5.82 Å². The Labute approximate surface area is 189 Å². The van der Waals surface area contributed by atoms with Gasteiger partial charge >= 0.3 is 0 Å². The molecule has 4 rings (SSSR count). The zero-order valence-corrected chi connectivity index (χ0v) is 18.6. The average molecular weight is 481 g/mol. The van der Waals surface area contributed by atoms with E-state index in [9.17, 15) is 14.0 Å². The van der Waals surface area contributed by atoms with E-state index in [-0.39, 0.29) is 30.1 Å². The predicted octanol–water partition coefficient (Wildman–Crippen LogP) is 5.65. The molecule has 3 aromatic rings. The maximum Gasteiger partial charge on any atom is 0.244 e. The molecule has 0 saturated carbocycles. The smallest absolute Gasteiger partial charge is 0.244 e. The number of nitrogens with zero attached hydrogens (tertiary/aromatic N) is 1.